The first-order chi connectivity index (χ1) is 9.04. The maximum Gasteiger partial charge on any atom is 0.252 e. The molecule has 19 heavy (non-hydrogen) atoms. The van der Waals surface area contributed by atoms with E-state index in [0.717, 1.165) is 11.5 Å². The normalized spacial score (nSPS) is 16.2. The molecule has 0 aliphatic heterocycles. The van der Waals surface area contributed by atoms with Gasteiger partial charge in [-0.2, -0.15) is 4.31 Å². The van der Waals surface area contributed by atoms with Crippen molar-refractivity contribution in [3.05, 3.63) is 17.0 Å². The molecule has 0 N–H and O–H groups in total. The van der Waals surface area contributed by atoms with Crippen LogP contribution in [0.3, 0.4) is 0 Å². The van der Waals surface area contributed by atoms with Gasteiger partial charge in [-0.3, -0.25) is 0 Å². The molecule has 1 heterocycles. The largest absolute Gasteiger partial charge is 0.380 e. The van der Waals surface area contributed by atoms with Crippen LogP contribution < -0.4 is 0 Å². The van der Waals surface area contributed by atoms with Crippen LogP contribution in [-0.4, -0.2) is 39.5 Å². The Hall–Kier alpha value is -0.140. The van der Waals surface area contributed by atoms with Gasteiger partial charge in [0.25, 0.3) is 10.0 Å². The SMILES string of the molecule is CN(CCOCC1CC1)S(=O)(=O)c1ccc(CCl)s1. The second-order valence-corrected chi connectivity index (χ2v) is 8.41. The Labute approximate surface area is 123 Å². The van der Waals surface area contributed by atoms with Crippen LogP contribution in [0.15, 0.2) is 16.3 Å². The van der Waals surface area contributed by atoms with E-state index in [1.165, 1.54) is 28.5 Å². The molecule has 1 saturated carbocycles. The average Bonchev–Trinajstić information content (AvgIpc) is 3.07. The number of rotatable bonds is 8. The fourth-order valence-corrected chi connectivity index (χ4v) is 4.39. The van der Waals surface area contributed by atoms with Crippen molar-refractivity contribution in [2.75, 3.05) is 26.8 Å². The molecule has 1 aliphatic carbocycles. The standard InChI is InChI=1S/C12H18ClNO3S2/c1-14(6-7-17-9-10-2-3-10)19(15,16)12-5-4-11(8-13)18-12/h4-5,10H,2-3,6-9H2,1H3. The Balaban J connectivity index is 1.86. The van der Waals surface area contributed by atoms with Crippen molar-refractivity contribution in [2.45, 2.75) is 22.9 Å². The Kier molecular flexibility index (Phi) is 5.25. The van der Waals surface area contributed by atoms with Crippen molar-refractivity contribution in [3.63, 3.8) is 0 Å². The summed E-state index contributed by atoms with van der Waals surface area (Å²) in [6.45, 7) is 1.58. The number of nitrogens with zero attached hydrogens (tertiary/aromatic N) is 1. The van der Waals surface area contributed by atoms with E-state index < -0.39 is 10.0 Å². The maximum atomic E-state index is 12.2. The summed E-state index contributed by atoms with van der Waals surface area (Å²) in [7, 11) is -1.82. The summed E-state index contributed by atoms with van der Waals surface area (Å²) in [6.07, 6.45) is 2.48. The van der Waals surface area contributed by atoms with Gasteiger partial charge in [0.05, 0.1) is 12.5 Å². The molecular weight excluding hydrogens is 306 g/mol. The highest BCUT2D eigenvalue weighted by atomic mass is 35.5. The highest BCUT2D eigenvalue weighted by Gasteiger charge is 2.24. The van der Waals surface area contributed by atoms with Gasteiger partial charge in [0.1, 0.15) is 4.21 Å². The van der Waals surface area contributed by atoms with Crippen LogP contribution in [0.4, 0.5) is 0 Å². The third-order valence-electron chi connectivity index (χ3n) is 3.03. The molecule has 1 aromatic heterocycles. The van der Waals surface area contributed by atoms with Gasteiger partial charge in [-0.1, -0.05) is 0 Å². The summed E-state index contributed by atoms with van der Waals surface area (Å²) in [6, 6.07) is 3.36. The lowest BCUT2D eigenvalue weighted by atomic mass is 10.5. The second-order valence-electron chi connectivity index (χ2n) is 4.70. The lowest BCUT2D eigenvalue weighted by Gasteiger charge is -2.15. The molecule has 108 valence electrons. The first-order valence-corrected chi connectivity index (χ1v) is 9.02. The van der Waals surface area contributed by atoms with Gasteiger partial charge in [-0.05, 0) is 30.9 Å². The number of thiophene rings is 1. The number of alkyl halides is 1. The van der Waals surface area contributed by atoms with E-state index >= 15 is 0 Å². The van der Waals surface area contributed by atoms with E-state index in [4.69, 9.17) is 16.3 Å². The molecule has 1 aliphatic rings. The minimum absolute atomic E-state index is 0.341. The van der Waals surface area contributed by atoms with Gasteiger partial charge in [-0.15, -0.1) is 22.9 Å². The average molecular weight is 324 g/mol. The van der Waals surface area contributed by atoms with Crippen LogP contribution in [0.1, 0.15) is 17.7 Å². The number of sulfonamides is 1. The zero-order chi connectivity index (χ0) is 13.9. The van der Waals surface area contributed by atoms with Crippen molar-refractivity contribution in [1.29, 1.82) is 0 Å². The molecule has 0 amide bonds. The fourth-order valence-electron chi connectivity index (χ4n) is 1.57. The molecule has 2 rings (SSSR count). The van der Waals surface area contributed by atoms with Crippen LogP contribution in [-0.2, 0) is 20.6 Å². The molecule has 0 spiro atoms. The molecule has 1 aromatic rings. The van der Waals surface area contributed by atoms with Crippen LogP contribution in [0.2, 0.25) is 0 Å². The van der Waals surface area contributed by atoms with Gasteiger partial charge in [0.15, 0.2) is 0 Å². The molecule has 0 radical (unpaired) electrons. The quantitative estimate of drug-likeness (QED) is 0.545. The molecule has 0 saturated heterocycles. The van der Waals surface area contributed by atoms with E-state index in [1.54, 1.807) is 19.2 Å². The van der Waals surface area contributed by atoms with Crippen molar-refractivity contribution in [3.8, 4) is 0 Å². The van der Waals surface area contributed by atoms with E-state index in [1.807, 2.05) is 0 Å². The molecule has 1 fully saturated rings. The molecule has 0 bridgehead atoms. The summed E-state index contributed by atoms with van der Waals surface area (Å²) in [4.78, 5) is 0.860. The number of ether oxygens (including phenoxy) is 1. The Morgan fingerprint density at radius 2 is 2.21 bits per heavy atom. The van der Waals surface area contributed by atoms with E-state index in [9.17, 15) is 8.42 Å². The lowest BCUT2D eigenvalue weighted by molar-refractivity contribution is 0.117. The third-order valence-corrected chi connectivity index (χ3v) is 6.89. The molecule has 0 aromatic carbocycles. The van der Waals surface area contributed by atoms with Gasteiger partial charge in [0, 0.05) is 25.1 Å². The van der Waals surface area contributed by atoms with Crippen molar-refractivity contribution in [1.82, 2.24) is 4.31 Å². The fraction of sp³-hybridized carbons (Fsp3) is 0.667. The van der Waals surface area contributed by atoms with Crippen molar-refractivity contribution in [2.24, 2.45) is 5.92 Å². The van der Waals surface area contributed by atoms with E-state index in [-0.39, 0.29) is 0 Å². The zero-order valence-electron chi connectivity index (χ0n) is 10.8. The van der Waals surface area contributed by atoms with Gasteiger partial charge >= 0.3 is 0 Å². The van der Waals surface area contributed by atoms with Crippen molar-refractivity contribution < 1.29 is 13.2 Å². The summed E-state index contributed by atoms with van der Waals surface area (Å²) in [5, 5.41) is 0. The topological polar surface area (TPSA) is 46.6 Å². The Morgan fingerprint density at radius 1 is 1.47 bits per heavy atom. The van der Waals surface area contributed by atoms with Crippen LogP contribution >= 0.6 is 22.9 Å². The van der Waals surface area contributed by atoms with E-state index in [2.05, 4.69) is 0 Å². The minimum atomic E-state index is -3.40. The van der Waals surface area contributed by atoms with Gasteiger partial charge < -0.3 is 4.74 Å². The number of hydrogen-bond acceptors (Lipinski definition) is 4. The molecule has 0 atom stereocenters. The van der Waals surface area contributed by atoms with E-state index in [0.29, 0.717) is 29.2 Å². The predicted molar refractivity (Wildman–Crippen MR) is 77.2 cm³/mol. The number of likely N-dealkylation sites (N-methyl/N-ethyl adjacent to an activating group) is 1. The smallest absolute Gasteiger partial charge is 0.252 e. The Morgan fingerprint density at radius 3 is 2.79 bits per heavy atom. The second kappa shape index (κ2) is 6.54. The zero-order valence-corrected chi connectivity index (χ0v) is 13.2. The Bertz CT molecular complexity index is 511. The van der Waals surface area contributed by atoms with Gasteiger partial charge in [0.2, 0.25) is 0 Å². The highest BCUT2D eigenvalue weighted by Crippen LogP contribution is 2.29. The van der Waals surface area contributed by atoms with Crippen LogP contribution in [0.5, 0.6) is 0 Å². The third kappa shape index (κ3) is 4.16. The molecule has 0 unspecified atom stereocenters. The minimum Gasteiger partial charge on any atom is -0.380 e. The summed E-state index contributed by atoms with van der Waals surface area (Å²) in [5.41, 5.74) is 0. The molecular formula is C12H18ClNO3S2. The van der Waals surface area contributed by atoms with Crippen LogP contribution in [0, 0.1) is 5.92 Å². The number of hydrogen-bond donors (Lipinski definition) is 0. The molecule has 4 nitrogen and oxygen atoms in total. The molecule has 7 heteroatoms. The predicted octanol–water partition coefficient (Wildman–Crippen LogP) is 2.53. The summed E-state index contributed by atoms with van der Waals surface area (Å²) in [5.74, 6) is 1.04. The van der Waals surface area contributed by atoms with Crippen LogP contribution in [0.25, 0.3) is 0 Å². The number of halogens is 1. The first kappa shape index (κ1) is 15.3. The van der Waals surface area contributed by atoms with Crippen molar-refractivity contribution >= 4 is 33.0 Å². The highest BCUT2D eigenvalue weighted by molar-refractivity contribution is 7.91. The first-order valence-electron chi connectivity index (χ1n) is 6.23. The summed E-state index contributed by atoms with van der Waals surface area (Å²) < 4.78 is 31.6. The van der Waals surface area contributed by atoms with Gasteiger partial charge in [-0.25, -0.2) is 8.42 Å². The summed E-state index contributed by atoms with van der Waals surface area (Å²) >= 11 is 6.91. The monoisotopic (exact) mass is 323 g/mol. The maximum absolute atomic E-state index is 12.2. The lowest BCUT2D eigenvalue weighted by Crippen LogP contribution is -2.30.